The molecule has 0 bridgehead atoms. The van der Waals surface area contributed by atoms with Gasteiger partial charge in [-0.2, -0.15) is 0 Å². The minimum absolute atomic E-state index is 0.198. The Morgan fingerprint density at radius 3 is 2.93 bits per heavy atom. The lowest BCUT2D eigenvalue weighted by atomic mass is 10.0. The maximum Gasteiger partial charge on any atom is 0.279 e. The molecule has 0 radical (unpaired) electrons. The molecule has 0 aliphatic carbocycles. The molecule has 1 aromatic carbocycles. The van der Waals surface area contributed by atoms with Gasteiger partial charge in [0.05, 0.1) is 29.6 Å². The fourth-order valence-corrected chi connectivity index (χ4v) is 3.66. The van der Waals surface area contributed by atoms with Gasteiger partial charge >= 0.3 is 0 Å². The van der Waals surface area contributed by atoms with Gasteiger partial charge in [0.1, 0.15) is 12.4 Å². The minimum atomic E-state index is -0.198. The molecule has 5 rings (SSSR count). The first-order chi connectivity index (χ1) is 14.2. The molecule has 3 aromatic heterocycles. The third-order valence-electron chi connectivity index (χ3n) is 5.03. The van der Waals surface area contributed by atoms with E-state index in [1.54, 1.807) is 25.7 Å². The van der Waals surface area contributed by atoms with Crippen molar-refractivity contribution in [3.8, 4) is 17.0 Å². The largest absolute Gasteiger partial charge is 0.490 e. The topological polar surface area (TPSA) is 89.5 Å². The molecule has 4 aromatic rings. The first kappa shape index (κ1) is 17.5. The Hall–Kier alpha value is -3.58. The lowest BCUT2D eigenvalue weighted by molar-refractivity contribution is 0.100. The Morgan fingerprint density at radius 2 is 2.03 bits per heavy atom. The van der Waals surface area contributed by atoms with Crippen LogP contribution in [-0.4, -0.2) is 47.4 Å². The van der Waals surface area contributed by atoms with Crippen LogP contribution >= 0.6 is 0 Å². The number of benzene rings is 1. The van der Waals surface area contributed by atoms with Gasteiger partial charge in [-0.3, -0.25) is 14.8 Å². The Balaban J connectivity index is 1.61. The van der Waals surface area contributed by atoms with Crippen LogP contribution in [0.5, 0.6) is 5.75 Å². The Kier molecular flexibility index (Phi) is 4.29. The third-order valence-corrected chi connectivity index (χ3v) is 5.03. The summed E-state index contributed by atoms with van der Waals surface area (Å²) < 4.78 is 10.7. The zero-order valence-corrected chi connectivity index (χ0v) is 15.8. The van der Waals surface area contributed by atoms with E-state index >= 15 is 0 Å². The summed E-state index contributed by atoms with van der Waals surface area (Å²) in [6, 6.07) is 7.87. The Bertz CT molecular complexity index is 1280. The number of ether oxygens (including phenoxy) is 2. The molecule has 7 nitrogen and oxygen atoms in total. The molecule has 0 saturated heterocycles. The predicted molar refractivity (Wildman–Crippen MR) is 111 cm³/mol. The van der Waals surface area contributed by atoms with Crippen LogP contribution in [0.25, 0.3) is 32.9 Å². The number of aromatic amines is 1. The molecule has 1 aliphatic rings. The minimum Gasteiger partial charge on any atom is -0.490 e. The number of nitrogens with zero attached hydrogens (tertiary/aromatic N) is 3. The van der Waals surface area contributed by atoms with Crippen molar-refractivity contribution in [1.82, 2.24) is 15.0 Å². The first-order valence-corrected chi connectivity index (χ1v) is 9.32. The van der Waals surface area contributed by atoms with Crippen molar-refractivity contribution < 1.29 is 14.3 Å². The van der Waals surface area contributed by atoms with Gasteiger partial charge < -0.3 is 14.5 Å². The number of aliphatic imine (C=N–C) groups is 1. The van der Waals surface area contributed by atoms with E-state index in [-0.39, 0.29) is 5.91 Å². The molecule has 1 amide bonds. The summed E-state index contributed by atoms with van der Waals surface area (Å²) >= 11 is 0. The van der Waals surface area contributed by atoms with Crippen LogP contribution in [0.2, 0.25) is 0 Å². The van der Waals surface area contributed by atoms with Crippen molar-refractivity contribution in [2.75, 3.05) is 20.3 Å². The summed E-state index contributed by atoms with van der Waals surface area (Å²) in [5, 5.41) is 2.88. The summed E-state index contributed by atoms with van der Waals surface area (Å²) in [4.78, 5) is 28.5. The number of carbonyl (C=O) groups excluding carboxylic acids is 1. The summed E-state index contributed by atoms with van der Waals surface area (Å²) in [7, 11) is 1.63. The highest BCUT2D eigenvalue weighted by Crippen LogP contribution is 2.33. The van der Waals surface area contributed by atoms with E-state index in [0.717, 1.165) is 38.6 Å². The fourth-order valence-electron chi connectivity index (χ4n) is 3.66. The van der Waals surface area contributed by atoms with Gasteiger partial charge in [-0.15, -0.1) is 0 Å². The zero-order valence-electron chi connectivity index (χ0n) is 15.8. The van der Waals surface area contributed by atoms with Gasteiger partial charge in [0.2, 0.25) is 0 Å². The fraction of sp³-hybridized carbons (Fsp3) is 0.182. The van der Waals surface area contributed by atoms with Crippen molar-refractivity contribution in [3.05, 3.63) is 54.1 Å². The van der Waals surface area contributed by atoms with Crippen LogP contribution in [0.3, 0.4) is 0 Å². The first-order valence-electron chi connectivity index (χ1n) is 9.32. The number of aromatic nitrogens is 3. The van der Waals surface area contributed by atoms with Crippen LogP contribution in [0.4, 0.5) is 0 Å². The van der Waals surface area contributed by atoms with Crippen molar-refractivity contribution in [3.63, 3.8) is 0 Å². The van der Waals surface area contributed by atoms with Crippen molar-refractivity contribution in [2.45, 2.75) is 6.42 Å². The highest BCUT2D eigenvalue weighted by atomic mass is 16.5. The standard InChI is InChI=1S/C22H18N4O3/c1-28-6-7-29-15-8-14(10-23-12-15)19-9-17-13(11-25-19)2-3-16-20-18(26-21(16)17)4-5-24-22(20)27/h2-3,5,8-12,26H,4,6-7H2,1H3. The number of fused-ring (bicyclic) bond motifs is 5. The number of hydrogen-bond acceptors (Lipinski definition) is 5. The normalized spacial score (nSPS) is 13.2. The number of H-pyrrole nitrogens is 1. The van der Waals surface area contributed by atoms with E-state index < -0.39 is 0 Å². The molecule has 144 valence electrons. The molecule has 0 fully saturated rings. The van der Waals surface area contributed by atoms with Crippen LogP contribution in [0.15, 0.2) is 47.8 Å². The highest BCUT2D eigenvalue weighted by molar-refractivity contribution is 6.18. The van der Waals surface area contributed by atoms with Crippen molar-refractivity contribution in [1.29, 1.82) is 0 Å². The molecule has 0 unspecified atom stereocenters. The number of amides is 1. The predicted octanol–water partition coefficient (Wildman–Crippen LogP) is 3.57. The van der Waals surface area contributed by atoms with Crippen LogP contribution in [-0.2, 0) is 11.2 Å². The van der Waals surface area contributed by atoms with Crippen LogP contribution in [0, 0.1) is 0 Å². The quantitative estimate of drug-likeness (QED) is 0.530. The molecule has 0 spiro atoms. The second kappa shape index (κ2) is 7.10. The molecular weight excluding hydrogens is 368 g/mol. The molecule has 4 heterocycles. The molecule has 1 N–H and O–H groups in total. The lowest BCUT2D eigenvalue weighted by Gasteiger charge is -2.08. The van der Waals surface area contributed by atoms with Crippen molar-refractivity contribution in [2.24, 2.45) is 4.99 Å². The summed E-state index contributed by atoms with van der Waals surface area (Å²) in [5.74, 6) is 0.467. The summed E-state index contributed by atoms with van der Waals surface area (Å²) in [5.41, 5.74) is 4.13. The Labute approximate surface area is 166 Å². The van der Waals surface area contributed by atoms with E-state index in [0.29, 0.717) is 30.9 Å². The zero-order chi connectivity index (χ0) is 19.8. The number of methoxy groups -OCH3 is 1. The summed E-state index contributed by atoms with van der Waals surface area (Å²) in [6.45, 7) is 0.966. The molecule has 29 heavy (non-hydrogen) atoms. The van der Waals surface area contributed by atoms with Crippen LogP contribution < -0.4 is 4.74 Å². The van der Waals surface area contributed by atoms with E-state index in [1.807, 2.05) is 30.5 Å². The number of rotatable bonds is 5. The monoisotopic (exact) mass is 386 g/mol. The molecular formula is C22H18N4O3. The third kappa shape index (κ3) is 3.05. The lowest BCUT2D eigenvalue weighted by Crippen LogP contribution is -2.06. The average molecular weight is 386 g/mol. The van der Waals surface area contributed by atoms with Gasteiger partial charge in [-0.1, -0.05) is 12.1 Å². The average Bonchev–Trinajstić information content (AvgIpc) is 3.14. The molecule has 1 aliphatic heterocycles. The van der Waals surface area contributed by atoms with Gasteiger partial charge in [0, 0.05) is 59.6 Å². The van der Waals surface area contributed by atoms with Gasteiger partial charge in [-0.05, 0) is 12.1 Å². The van der Waals surface area contributed by atoms with E-state index in [4.69, 9.17) is 9.47 Å². The van der Waals surface area contributed by atoms with Gasteiger partial charge in [-0.25, -0.2) is 4.99 Å². The number of carbonyl (C=O) groups is 1. The van der Waals surface area contributed by atoms with E-state index in [1.165, 1.54) is 0 Å². The van der Waals surface area contributed by atoms with Gasteiger partial charge in [0.25, 0.3) is 5.91 Å². The Morgan fingerprint density at radius 1 is 1.10 bits per heavy atom. The molecule has 0 atom stereocenters. The van der Waals surface area contributed by atoms with Crippen LogP contribution in [0.1, 0.15) is 16.1 Å². The maximum atomic E-state index is 12.3. The van der Waals surface area contributed by atoms with E-state index in [9.17, 15) is 4.79 Å². The maximum absolute atomic E-state index is 12.3. The number of pyridine rings is 2. The number of hydrogen-bond donors (Lipinski definition) is 1. The van der Waals surface area contributed by atoms with E-state index in [2.05, 4.69) is 19.9 Å². The second-order valence-corrected chi connectivity index (χ2v) is 6.83. The smallest absolute Gasteiger partial charge is 0.279 e. The van der Waals surface area contributed by atoms with Gasteiger partial charge in [0.15, 0.2) is 0 Å². The summed E-state index contributed by atoms with van der Waals surface area (Å²) in [6.07, 6.45) is 7.54. The number of nitrogens with one attached hydrogen (secondary N) is 1. The second-order valence-electron chi connectivity index (χ2n) is 6.83. The highest BCUT2D eigenvalue weighted by Gasteiger charge is 2.21. The SMILES string of the molecule is COCCOc1cncc(-c2cc3c(ccc4c5c([nH]c43)CC=NC5=O)cn2)c1. The molecule has 0 saturated carbocycles. The molecule has 7 heteroatoms. The van der Waals surface area contributed by atoms with Crippen molar-refractivity contribution >= 4 is 33.8 Å².